The fourth-order valence-electron chi connectivity index (χ4n) is 6.26. The number of carbonyl (C=O) groups excluding carboxylic acids is 1. The Morgan fingerprint density at radius 3 is 1.07 bits per heavy atom. The molecule has 0 heterocycles. The molecule has 0 bridgehead atoms. The highest BCUT2D eigenvalue weighted by atomic mass is 16.5. The monoisotopic (exact) mass is 638 g/mol. The fourth-order valence-corrected chi connectivity index (χ4v) is 6.26. The highest BCUT2D eigenvalue weighted by molar-refractivity contribution is 5.81. The van der Waals surface area contributed by atoms with Crippen LogP contribution in [0.5, 0.6) is 0 Å². The molecule has 5 nitrogen and oxygen atoms in total. The van der Waals surface area contributed by atoms with Crippen LogP contribution < -0.4 is 5.32 Å². The van der Waals surface area contributed by atoms with Crippen LogP contribution in [0.1, 0.15) is 226 Å². The maximum Gasteiger partial charge on any atom is 0.321 e. The minimum Gasteiger partial charge on any atom is -0.480 e. The standard InChI is InChI=1S/C40H79NO4/c1-3-5-7-9-11-13-15-17-19-20-21-22-24-26-28-30-32-34-36-45-39(42)37-38(40(43)44)41-35-33-31-29-27-25-23-18-16-14-12-10-8-6-4-2/h38,41H,3-37H2,1-2H3,(H,43,44)/t38-/m0/s1. The first-order valence-electron chi connectivity index (χ1n) is 20.2. The second-order valence-electron chi connectivity index (χ2n) is 13.9. The Hall–Kier alpha value is -1.10. The molecule has 0 aromatic rings. The van der Waals surface area contributed by atoms with E-state index in [9.17, 15) is 14.7 Å². The van der Waals surface area contributed by atoms with Crippen molar-refractivity contribution in [2.45, 2.75) is 232 Å². The average Bonchev–Trinajstić information content (AvgIpc) is 3.03. The summed E-state index contributed by atoms with van der Waals surface area (Å²) in [6.45, 7) is 5.60. The van der Waals surface area contributed by atoms with Crippen LogP contribution in [-0.2, 0) is 14.3 Å². The molecule has 0 unspecified atom stereocenters. The van der Waals surface area contributed by atoms with Crippen LogP contribution in [0.3, 0.4) is 0 Å². The molecule has 1 atom stereocenters. The molecular weight excluding hydrogens is 558 g/mol. The molecule has 0 radical (unpaired) electrons. The maximum atomic E-state index is 12.2. The Labute approximate surface area is 281 Å². The third-order valence-electron chi connectivity index (χ3n) is 9.35. The number of carboxylic acid groups (broad SMARTS) is 1. The molecule has 0 spiro atoms. The number of unbranched alkanes of at least 4 members (excludes halogenated alkanes) is 30. The summed E-state index contributed by atoms with van der Waals surface area (Å²) in [4.78, 5) is 23.8. The quantitative estimate of drug-likeness (QED) is 0.0520. The summed E-state index contributed by atoms with van der Waals surface area (Å²) in [5.74, 6) is -1.37. The molecule has 45 heavy (non-hydrogen) atoms. The zero-order chi connectivity index (χ0) is 32.9. The molecular formula is C40H79NO4. The van der Waals surface area contributed by atoms with Gasteiger partial charge in [0.05, 0.1) is 13.0 Å². The van der Waals surface area contributed by atoms with Gasteiger partial charge in [0.1, 0.15) is 6.04 Å². The van der Waals surface area contributed by atoms with Crippen molar-refractivity contribution in [2.24, 2.45) is 0 Å². The summed E-state index contributed by atoms with van der Waals surface area (Å²) in [5.41, 5.74) is 0. The number of esters is 1. The van der Waals surface area contributed by atoms with Crippen molar-refractivity contribution in [3.05, 3.63) is 0 Å². The maximum absolute atomic E-state index is 12.2. The van der Waals surface area contributed by atoms with E-state index >= 15 is 0 Å². The second kappa shape index (κ2) is 37.4. The molecule has 0 saturated heterocycles. The van der Waals surface area contributed by atoms with E-state index in [0.29, 0.717) is 13.2 Å². The van der Waals surface area contributed by atoms with Crippen molar-refractivity contribution in [2.75, 3.05) is 13.2 Å². The van der Waals surface area contributed by atoms with Gasteiger partial charge in [-0.25, -0.2) is 0 Å². The molecule has 0 saturated carbocycles. The van der Waals surface area contributed by atoms with Gasteiger partial charge in [0.2, 0.25) is 0 Å². The molecule has 0 aliphatic rings. The normalized spacial score (nSPS) is 12.0. The Bertz CT molecular complexity index is 611. The van der Waals surface area contributed by atoms with Gasteiger partial charge in [0.25, 0.3) is 0 Å². The van der Waals surface area contributed by atoms with Crippen LogP contribution >= 0.6 is 0 Å². The number of rotatable bonds is 38. The van der Waals surface area contributed by atoms with E-state index in [2.05, 4.69) is 19.2 Å². The van der Waals surface area contributed by atoms with Crippen molar-refractivity contribution in [3.8, 4) is 0 Å². The van der Waals surface area contributed by atoms with E-state index < -0.39 is 18.0 Å². The molecule has 5 heteroatoms. The second-order valence-corrected chi connectivity index (χ2v) is 13.9. The van der Waals surface area contributed by atoms with Crippen LogP contribution in [-0.4, -0.2) is 36.2 Å². The fraction of sp³-hybridized carbons (Fsp3) is 0.950. The van der Waals surface area contributed by atoms with Gasteiger partial charge >= 0.3 is 11.9 Å². The van der Waals surface area contributed by atoms with Gasteiger partial charge in [-0.3, -0.25) is 9.59 Å². The Morgan fingerprint density at radius 1 is 0.467 bits per heavy atom. The van der Waals surface area contributed by atoms with Crippen LogP contribution in [0.4, 0.5) is 0 Å². The number of carboxylic acids is 1. The zero-order valence-electron chi connectivity index (χ0n) is 30.5. The van der Waals surface area contributed by atoms with Gasteiger partial charge in [-0.05, 0) is 19.4 Å². The lowest BCUT2D eigenvalue weighted by molar-refractivity contribution is -0.149. The molecule has 268 valence electrons. The molecule has 0 aliphatic carbocycles. The summed E-state index contributed by atoms with van der Waals surface area (Å²) >= 11 is 0. The summed E-state index contributed by atoms with van der Waals surface area (Å²) < 4.78 is 5.34. The van der Waals surface area contributed by atoms with Crippen molar-refractivity contribution in [1.29, 1.82) is 0 Å². The smallest absolute Gasteiger partial charge is 0.321 e. The van der Waals surface area contributed by atoms with Crippen LogP contribution in [0.2, 0.25) is 0 Å². The topological polar surface area (TPSA) is 75.6 Å². The lowest BCUT2D eigenvalue weighted by Crippen LogP contribution is -2.39. The molecule has 0 aliphatic heterocycles. The summed E-state index contributed by atoms with van der Waals surface area (Å²) in [7, 11) is 0. The molecule has 0 amide bonds. The first-order chi connectivity index (χ1) is 22.1. The Morgan fingerprint density at radius 2 is 0.756 bits per heavy atom. The van der Waals surface area contributed by atoms with Crippen LogP contribution in [0, 0.1) is 0 Å². The van der Waals surface area contributed by atoms with Gasteiger partial charge in [0.15, 0.2) is 0 Å². The van der Waals surface area contributed by atoms with Gasteiger partial charge < -0.3 is 15.2 Å². The van der Waals surface area contributed by atoms with Gasteiger partial charge in [-0.2, -0.15) is 0 Å². The highest BCUT2D eigenvalue weighted by Crippen LogP contribution is 2.15. The van der Waals surface area contributed by atoms with E-state index in [1.165, 1.54) is 180 Å². The third-order valence-corrected chi connectivity index (χ3v) is 9.35. The van der Waals surface area contributed by atoms with E-state index in [1.54, 1.807) is 0 Å². The van der Waals surface area contributed by atoms with E-state index in [1.807, 2.05) is 0 Å². The lowest BCUT2D eigenvalue weighted by atomic mass is 10.0. The van der Waals surface area contributed by atoms with Crippen molar-refractivity contribution < 1.29 is 19.4 Å². The van der Waals surface area contributed by atoms with Gasteiger partial charge in [-0.1, -0.05) is 206 Å². The van der Waals surface area contributed by atoms with Crippen molar-refractivity contribution in [1.82, 2.24) is 5.32 Å². The zero-order valence-corrected chi connectivity index (χ0v) is 30.5. The van der Waals surface area contributed by atoms with E-state index in [-0.39, 0.29) is 6.42 Å². The number of hydrogen-bond donors (Lipinski definition) is 2. The number of aliphatic carboxylic acids is 1. The van der Waals surface area contributed by atoms with E-state index in [4.69, 9.17) is 4.74 Å². The minimum absolute atomic E-state index is 0.0903. The first kappa shape index (κ1) is 43.9. The summed E-state index contributed by atoms with van der Waals surface area (Å²) in [6, 6.07) is -0.847. The molecule has 0 aromatic heterocycles. The minimum atomic E-state index is -0.967. The molecule has 0 fully saturated rings. The van der Waals surface area contributed by atoms with Gasteiger partial charge in [-0.15, -0.1) is 0 Å². The highest BCUT2D eigenvalue weighted by Gasteiger charge is 2.21. The Balaban J connectivity index is 3.47. The van der Waals surface area contributed by atoms with Gasteiger partial charge in [0, 0.05) is 0 Å². The summed E-state index contributed by atoms with van der Waals surface area (Å²) in [5, 5.41) is 12.6. The van der Waals surface area contributed by atoms with E-state index in [0.717, 1.165) is 25.7 Å². The first-order valence-corrected chi connectivity index (χ1v) is 20.2. The molecule has 2 N–H and O–H groups in total. The SMILES string of the molecule is CCCCCCCCCCCCCCCCCCCCOC(=O)C[C@H](NCCCCCCCCCCCCCCCC)C(=O)O. The number of nitrogens with one attached hydrogen (secondary N) is 1. The number of carbonyl (C=O) groups is 2. The molecule has 0 aromatic carbocycles. The Kier molecular flexibility index (Phi) is 36.4. The van der Waals surface area contributed by atoms with Crippen molar-refractivity contribution in [3.63, 3.8) is 0 Å². The predicted molar refractivity (Wildman–Crippen MR) is 194 cm³/mol. The number of ether oxygens (including phenoxy) is 1. The average molecular weight is 638 g/mol. The number of hydrogen-bond acceptors (Lipinski definition) is 4. The largest absolute Gasteiger partial charge is 0.480 e. The summed E-state index contributed by atoms with van der Waals surface area (Å²) in [6.07, 6.45) is 42.1. The van der Waals surface area contributed by atoms with Crippen LogP contribution in [0.15, 0.2) is 0 Å². The third kappa shape index (κ3) is 35.6. The predicted octanol–water partition coefficient (Wildman–Crippen LogP) is 12.5. The van der Waals surface area contributed by atoms with Crippen molar-refractivity contribution >= 4 is 11.9 Å². The lowest BCUT2D eigenvalue weighted by Gasteiger charge is -2.14. The molecule has 0 rings (SSSR count). The van der Waals surface area contributed by atoms with Crippen LogP contribution in [0.25, 0.3) is 0 Å².